The zero-order chi connectivity index (χ0) is 20.2. The van der Waals surface area contributed by atoms with Crippen LogP contribution in [0.4, 0.5) is 5.69 Å². The molecule has 29 heavy (non-hydrogen) atoms. The van der Waals surface area contributed by atoms with Gasteiger partial charge in [0, 0.05) is 29.2 Å². The van der Waals surface area contributed by atoms with E-state index in [-0.39, 0.29) is 5.91 Å². The van der Waals surface area contributed by atoms with E-state index in [9.17, 15) is 10.1 Å². The van der Waals surface area contributed by atoms with Crippen LogP contribution in [0.5, 0.6) is 0 Å². The standard InChI is InChI=1S/C23H15ClN4O/c24-21-13-17(9-10-22(21)28-12-11-26-15-28)27-23(29)20-8-4-3-7-19(20)18-6-2-1-5-16(18)14-25/h1-13,15H,(H,27,29). The van der Waals surface area contributed by atoms with Crippen molar-refractivity contribution in [2.24, 2.45) is 0 Å². The third-order valence-electron chi connectivity index (χ3n) is 4.50. The van der Waals surface area contributed by atoms with Gasteiger partial charge < -0.3 is 9.88 Å². The Hall–Kier alpha value is -3.88. The largest absolute Gasteiger partial charge is 0.322 e. The van der Waals surface area contributed by atoms with Gasteiger partial charge >= 0.3 is 0 Å². The van der Waals surface area contributed by atoms with E-state index in [1.54, 1.807) is 59.7 Å². The molecule has 0 aliphatic rings. The van der Waals surface area contributed by atoms with Crippen LogP contribution in [0.2, 0.25) is 5.02 Å². The van der Waals surface area contributed by atoms with Crippen molar-refractivity contribution >= 4 is 23.2 Å². The van der Waals surface area contributed by atoms with Crippen LogP contribution >= 0.6 is 11.6 Å². The summed E-state index contributed by atoms with van der Waals surface area (Å²) in [5, 5.41) is 12.8. The van der Waals surface area contributed by atoms with Crippen LogP contribution in [0.15, 0.2) is 85.5 Å². The van der Waals surface area contributed by atoms with E-state index in [2.05, 4.69) is 16.4 Å². The highest BCUT2D eigenvalue weighted by atomic mass is 35.5. The molecule has 0 saturated carbocycles. The Morgan fingerprint density at radius 2 is 1.79 bits per heavy atom. The van der Waals surface area contributed by atoms with Gasteiger partial charge in [-0.2, -0.15) is 5.26 Å². The van der Waals surface area contributed by atoms with E-state index in [0.717, 1.165) is 5.69 Å². The summed E-state index contributed by atoms with van der Waals surface area (Å²) < 4.78 is 1.79. The molecule has 0 aliphatic carbocycles. The van der Waals surface area contributed by atoms with Gasteiger partial charge in [-0.1, -0.05) is 48.0 Å². The second-order valence-electron chi connectivity index (χ2n) is 6.29. The first kappa shape index (κ1) is 18.5. The second-order valence-corrected chi connectivity index (χ2v) is 6.70. The number of anilines is 1. The minimum atomic E-state index is -0.278. The second kappa shape index (κ2) is 8.01. The number of halogens is 1. The molecule has 4 aromatic rings. The van der Waals surface area contributed by atoms with Gasteiger partial charge in [0.1, 0.15) is 0 Å². The number of aromatic nitrogens is 2. The molecule has 0 radical (unpaired) electrons. The third kappa shape index (κ3) is 3.75. The van der Waals surface area contributed by atoms with Crippen molar-refractivity contribution in [2.75, 3.05) is 5.32 Å². The highest BCUT2D eigenvalue weighted by Gasteiger charge is 2.15. The van der Waals surface area contributed by atoms with Gasteiger partial charge in [-0.3, -0.25) is 4.79 Å². The number of nitriles is 1. The fourth-order valence-electron chi connectivity index (χ4n) is 3.13. The summed E-state index contributed by atoms with van der Waals surface area (Å²) in [4.78, 5) is 17.0. The van der Waals surface area contributed by atoms with E-state index in [1.807, 2.05) is 30.3 Å². The van der Waals surface area contributed by atoms with E-state index in [4.69, 9.17) is 11.6 Å². The van der Waals surface area contributed by atoms with Crippen LogP contribution in [-0.4, -0.2) is 15.5 Å². The van der Waals surface area contributed by atoms with Crippen LogP contribution in [0.3, 0.4) is 0 Å². The van der Waals surface area contributed by atoms with Gasteiger partial charge in [0.2, 0.25) is 0 Å². The van der Waals surface area contributed by atoms with E-state index in [0.29, 0.717) is 33.0 Å². The molecule has 3 aromatic carbocycles. The number of carbonyl (C=O) groups excluding carboxylic acids is 1. The maximum atomic E-state index is 13.0. The van der Waals surface area contributed by atoms with Crippen molar-refractivity contribution in [2.45, 2.75) is 0 Å². The normalized spacial score (nSPS) is 10.3. The summed E-state index contributed by atoms with van der Waals surface area (Å²) in [5.74, 6) is -0.278. The molecule has 0 unspecified atom stereocenters. The average Bonchev–Trinajstić information content (AvgIpc) is 3.28. The molecule has 1 aromatic heterocycles. The molecule has 0 aliphatic heterocycles. The van der Waals surface area contributed by atoms with Crippen molar-refractivity contribution in [1.82, 2.24) is 9.55 Å². The number of hydrogen-bond donors (Lipinski definition) is 1. The summed E-state index contributed by atoms with van der Waals surface area (Å²) in [5.41, 5.74) is 3.75. The number of amides is 1. The van der Waals surface area contributed by atoms with Gasteiger partial charge in [0.25, 0.3) is 5.91 Å². The van der Waals surface area contributed by atoms with Crippen LogP contribution in [0.1, 0.15) is 15.9 Å². The lowest BCUT2D eigenvalue weighted by molar-refractivity contribution is 0.102. The lowest BCUT2D eigenvalue weighted by Crippen LogP contribution is -2.13. The zero-order valence-electron chi connectivity index (χ0n) is 15.2. The SMILES string of the molecule is N#Cc1ccccc1-c1ccccc1C(=O)Nc1ccc(-n2ccnc2)c(Cl)c1. The molecule has 1 N–H and O–H groups in total. The number of rotatable bonds is 4. The van der Waals surface area contributed by atoms with Crippen molar-refractivity contribution in [3.63, 3.8) is 0 Å². The Balaban J connectivity index is 1.65. The average molecular weight is 399 g/mol. The Bertz CT molecular complexity index is 1230. The summed E-state index contributed by atoms with van der Waals surface area (Å²) in [6, 6.07) is 21.9. The molecule has 1 amide bonds. The van der Waals surface area contributed by atoms with E-state index in [1.165, 1.54) is 0 Å². The smallest absolute Gasteiger partial charge is 0.256 e. The minimum absolute atomic E-state index is 0.278. The molecule has 0 saturated heterocycles. The molecular weight excluding hydrogens is 384 g/mol. The van der Waals surface area contributed by atoms with Crippen molar-refractivity contribution in [3.8, 4) is 22.9 Å². The van der Waals surface area contributed by atoms with Gasteiger partial charge in [-0.25, -0.2) is 4.98 Å². The maximum absolute atomic E-state index is 13.0. The Morgan fingerprint density at radius 3 is 2.52 bits per heavy atom. The van der Waals surface area contributed by atoms with Gasteiger partial charge in [0.05, 0.1) is 28.7 Å². The number of hydrogen-bond acceptors (Lipinski definition) is 3. The highest BCUT2D eigenvalue weighted by molar-refractivity contribution is 6.32. The van der Waals surface area contributed by atoms with E-state index < -0.39 is 0 Å². The first-order valence-corrected chi connectivity index (χ1v) is 9.23. The molecule has 0 fully saturated rings. The molecule has 0 spiro atoms. The van der Waals surface area contributed by atoms with Crippen LogP contribution in [-0.2, 0) is 0 Å². The number of carbonyl (C=O) groups is 1. The first-order valence-electron chi connectivity index (χ1n) is 8.85. The molecule has 140 valence electrons. The predicted molar refractivity (Wildman–Crippen MR) is 113 cm³/mol. The fraction of sp³-hybridized carbons (Fsp3) is 0. The summed E-state index contributed by atoms with van der Waals surface area (Å²) in [6.45, 7) is 0. The van der Waals surface area contributed by atoms with Gasteiger partial charge in [0.15, 0.2) is 0 Å². The Morgan fingerprint density at radius 1 is 1.03 bits per heavy atom. The maximum Gasteiger partial charge on any atom is 0.256 e. The van der Waals surface area contributed by atoms with E-state index >= 15 is 0 Å². The van der Waals surface area contributed by atoms with Crippen molar-refractivity contribution in [1.29, 1.82) is 5.26 Å². The van der Waals surface area contributed by atoms with Gasteiger partial charge in [-0.05, 0) is 35.9 Å². The van der Waals surface area contributed by atoms with Crippen LogP contribution in [0.25, 0.3) is 16.8 Å². The topological polar surface area (TPSA) is 70.7 Å². The molecule has 4 rings (SSSR count). The van der Waals surface area contributed by atoms with Crippen molar-refractivity contribution < 1.29 is 4.79 Å². The highest BCUT2D eigenvalue weighted by Crippen LogP contribution is 2.29. The monoisotopic (exact) mass is 398 g/mol. The Kier molecular flexibility index (Phi) is 5.10. The predicted octanol–water partition coefficient (Wildman–Crippen LogP) is 5.32. The molecule has 0 bridgehead atoms. The summed E-state index contributed by atoms with van der Waals surface area (Å²) in [7, 11) is 0. The van der Waals surface area contributed by atoms with Crippen LogP contribution in [0, 0.1) is 11.3 Å². The number of nitrogens with one attached hydrogen (secondary N) is 1. The summed E-state index contributed by atoms with van der Waals surface area (Å²) in [6.07, 6.45) is 5.12. The molecule has 1 heterocycles. The zero-order valence-corrected chi connectivity index (χ0v) is 16.0. The first-order chi connectivity index (χ1) is 14.2. The molecule has 5 nitrogen and oxygen atoms in total. The summed E-state index contributed by atoms with van der Waals surface area (Å²) >= 11 is 6.38. The number of imidazole rings is 1. The number of benzene rings is 3. The third-order valence-corrected chi connectivity index (χ3v) is 4.80. The molecular formula is C23H15ClN4O. The fourth-order valence-corrected chi connectivity index (χ4v) is 3.40. The lowest BCUT2D eigenvalue weighted by Gasteiger charge is -2.13. The molecule has 6 heteroatoms. The van der Waals surface area contributed by atoms with Crippen LogP contribution < -0.4 is 5.32 Å². The van der Waals surface area contributed by atoms with Gasteiger partial charge in [-0.15, -0.1) is 0 Å². The lowest BCUT2D eigenvalue weighted by atomic mass is 9.95. The number of nitrogens with zero attached hydrogens (tertiary/aromatic N) is 3. The van der Waals surface area contributed by atoms with Crippen molar-refractivity contribution in [3.05, 3.63) is 102 Å². The Labute approximate surface area is 172 Å². The quantitative estimate of drug-likeness (QED) is 0.506. The molecule has 0 atom stereocenters. The minimum Gasteiger partial charge on any atom is -0.322 e.